The Kier molecular flexibility index (Phi) is 2.94. The maximum absolute atomic E-state index is 11.0. The van der Waals surface area contributed by atoms with E-state index in [0.29, 0.717) is 6.42 Å². The predicted molar refractivity (Wildman–Crippen MR) is 44.6 cm³/mol. The van der Waals surface area contributed by atoms with Crippen LogP contribution in [0.25, 0.3) is 0 Å². The number of rotatable bonds is 3. The Bertz CT molecular complexity index is 342. The number of cyclic esters (lactones) is 1. The molecule has 14 heavy (non-hydrogen) atoms. The van der Waals surface area contributed by atoms with Crippen molar-refractivity contribution < 1.29 is 14.6 Å². The van der Waals surface area contributed by atoms with Crippen LogP contribution in [0.2, 0.25) is 0 Å². The molecule has 0 spiro atoms. The molecule has 0 radical (unpaired) electrons. The summed E-state index contributed by atoms with van der Waals surface area (Å²) in [6.07, 6.45) is -1.80. The molecule has 2 atom stereocenters. The van der Waals surface area contributed by atoms with E-state index >= 15 is 0 Å². The van der Waals surface area contributed by atoms with Crippen LogP contribution in [-0.2, 0) is 9.53 Å². The van der Waals surface area contributed by atoms with Gasteiger partial charge in [-0.15, -0.1) is 4.91 Å². The summed E-state index contributed by atoms with van der Waals surface area (Å²) in [7, 11) is 0. The van der Waals surface area contributed by atoms with Gasteiger partial charge in [-0.05, 0) is 11.6 Å². The van der Waals surface area contributed by atoms with Crippen LogP contribution in [0.15, 0.2) is 16.4 Å². The number of aliphatic hydroxyl groups excluding tert-OH is 1. The molecular weight excluding hydrogens is 188 g/mol. The summed E-state index contributed by atoms with van der Waals surface area (Å²) < 4.78 is 4.64. The third-order valence-electron chi connectivity index (χ3n) is 1.94. The van der Waals surface area contributed by atoms with E-state index in [1.54, 1.807) is 6.92 Å². The first-order valence-corrected chi connectivity index (χ1v) is 4.02. The molecule has 0 aromatic rings. The van der Waals surface area contributed by atoms with E-state index in [1.807, 2.05) is 0 Å². The van der Waals surface area contributed by atoms with E-state index in [-0.39, 0.29) is 5.70 Å². The Morgan fingerprint density at radius 1 is 1.79 bits per heavy atom. The molecule has 0 saturated carbocycles. The first kappa shape index (κ1) is 10.3. The van der Waals surface area contributed by atoms with Gasteiger partial charge in [0.15, 0.2) is 17.4 Å². The van der Waals surface area contributed by atoms with E-state index in [1.165, 1.54) is 6.07 Å². The molecule has 0 saturated heterocycles. The van der Waals surface area contributed by atoms with Crippen molar-refractivity contribution in [2.45, 2.75) is 25.6 Å². The third-order valence-corrected chi connectivity index (χ3v) is 1.94. The lowest BCUT2D eigenvalue weighted by atomic mass is 10.1. The van der Waals surface area contributed by atoms with Gasteiger partial charge in [0.05, 0.1) is 6.10 Å². The number of carbonyl (C=O) groups excluding carboxylic acids is 1. The Morgan fingerprint density at radius 3 is 2.86 bits per heavy atom. The van der Waals surface area contributed by atoms with E-state index in [4.69, 9.17) is 5.26 Å². The zero-order chi connectivity index (χ0) is 10.7. The molecule has 1 N–H and O–H groups in total. The lowest BCUT2D eigenvalue weighted by Crippen LogP contribution is -2.27. The minimum absolute atomic E-state index is 0.301. The van der Waals surface area contributed by atoms with Gasteiger partial charge in [-0.3, -0.25) is 0 Å². The van der Waals surface area contributed by atoms with Crippen LogP contribution in [0.5, 0.6) is 0 Å². The lowest BCUT2D eigenvalue weighted by molar-refractivity contribution is -0.143. The van der Waals surface area contributed by atoms with Gasteiger partial charge in [-0.2, -0.15) is 5.26 Å². The average molecular weight is 196 g/mol. The molecule has 6 nitrogen and oxygen atoms in total. The normalized spacial score (nSPS) is 22.9. The van der Waals surface area contributed by atoms with Crippen molar-refractivity contribution in [3.05, 3.63) is 16.2 Å². The molecule has 0 bridgehead atoms. The zero-order valence-corrected chi connectivity index (χ0v) is 7.43. The molecule has 0 amide bonds. The molecule has 0 aromatic carbocycles. The summed E-state index contributed by atoms with van der Waals surface area (Å²) in [4.78, 5) is 21.3. The van der Waals surface area contributed by atoms with Crippen molar-refractivity contribution >= 4 is 5.97 Å². The van der Waals surface area contributed by atoms with Crippen LogP contribution in [0, 0.1) is 16.2 Å². The quantitative estimate of drug-likeness (QED) is 0.514. The van der Waals surface area contributed by atoms with Crippen molar-refractivity contribution in [3.63, 3.8) is 0 Å². The number of esters is 1. The molecule has 2 unspecified atom stereocenters. The van der Waals surface area contributed by atoms with Crippen molar-refractivity contribution in [1.82, 2.24) is 0 Å². The highest BCUT2D eigenvalue weighted by atomic mass is 16.6. The van der Waals surface area contributed by atoms with Gasteiger partial charge in [-0.25, -0.2) is 4.79 Å². The van der Waals surface area contributed by atoms with Crippen molar-refractivity contribution in [1.29, 1.82) is 5.26 Å². The highest BCUT2D eigenvalue weighted by Crippen LogP contribution is 2.26. The van der Waals surface area contributed by atoms with Crippen LogP contribution in [0.1, 0.15) is 13.3 Å². The number of carbonyl (C=O) groups is 1. The maximum atomic E-state index is 11.0. The molecule has 0 aliphatic carbocycles. The van der Waals surface area contributed by atoms with Gasteiger partial charge >= 0.3 is 5.97 Å². The smallest absolute Gasteiger partial charge is 0.351 e. The summed E-state index contributed by atoms with van der Waals surface area (Å²) in [5, 5.41) is 20.4. The summed E-state index contributed by atoms with van der Waals surface area (Å²) in [6.45, 7) is 1.66. The standard InChI is InChI=1S/C8H8N2O4/c1-2-5(11)7-6(10-13)4(3-9)8(12)14-7/h5,7,11H,2H2,1H3. The molecule has 0 fully saturated rings. The summed E-state index contributed by atoms with van der Waals surface area (Å²) >= 11 is 0. The summed E-state index contributed by atoms with van der Waals surface area (Å²) in [5.41, 5.74) is -0.732. The van der Waals surface area contributed by atoms with Crippen LogP contribution in [-0.4, -0.2) is 23.3 Å². The van der Waals surface area contributed by atoms with Crippen LogP contribution < -0.4 is 0 Å². The molecule has 1 rings (SSSR count). The second-order valence-corrected chi connectivity index (χ2v) is 2.76. The Labute approximate surface area is 79.8 Å². The van der Waals surface area contributed by atoms with Crippen LogP contribution >= 0.6 is 0 Å². The fraction of sp³-hybridized carbons (Fsp3) is 0.500. The zero-order valence-electron chi connectivity index (χ0n) is 7.43. The Hall–Kier alpha value is -1.74. The number of ether oxygens (including phenoxy) is 1. The van der Waals surface area contributed by atoms with Gasteiger partial charge in [0, 0.05) is 0 Å². The van der Waals surface area contributed by atoms with E-state index in [9.17, 15) is 14.8 Å². The van der Waals surface area contributed by atoms with Gasteiger partial charge in [0.1, 0.15) is 6.07 Å². The van der Waals surface area contributed by atoms with Gasteiger partial charge < -0.3 is 9.84 Å². The van der Waals surface area contributed by atoms with Gasteiger partial charge in [0.2, 0.25) is 0 Å². The number of hydrogen-bond donors (Lipinski definition) is 1. The number of hydrogen-bond acceptors (Lipinski definition) is 6. The topological polar surface area (TPSA) is 99.8 Å². The highest BCUT2D eigenvalue weighted by Gasteiger charge is 2.39. The monoisotopic (exact) mass is 196 g/mol. The highest BCUT2D eigenvalue weighted by molar-refractivity contribution is 5.96. The molecule has 74 valence electrons. The number of nitriles is 1. The largest absolute Gasteiger partial charge is 0.449 e. The first-order chi connectivity index (χ1) is 6.65. The minimum Gasteiger partial charge on any atom is -0.449 e. The van der Waals surface area contributed by atoms with Gasteiger partial charge in [-0.1, -0.05) is 6.92 Å². The van der Waals surface area contributed by atoms with E-state index < -0.39 is 23.8 Å². The van der Waals surface area contributed by atoms with E-state index in [0.717, 1.165) is 0 Å². The average Bonchev–Trinajstić information content (AvgIpc) is 2.53. The van der Waals surface area contributed by atoms with Crippen molar-refractivity contribution in [3.8, 4) is 6.07 Å². The van der Waals surface area contributed by atoms with Crippen LogP contribution in [0.3, 0.4) is 0 Å². The second-order valence-electron chi connectivity index (χ2n) is 2.76. The molecule has 0 aromatic heterocycles. The molecule has 1 heterocycles. The lowest BCUT2D eigenvalue weighted by Gasteiger charge is -2.14. The molecule has 1 aliphatic heterocycles. The Balaban J connectivity index is 3.06. The fourth-order valence-corrected chi connectivity index (χ4v) is 1.15. The number of nitroso groups, excluding NO2 is 1. The second kappa shape index (κ2) is 3.98. The molecule has 6 heteroatoms. The van der Waals surface area contributed by atoms with Crippen molar-refractivity contribution in [2.75, 3.05) is 0 Å². The predicted octanol–water partition coefficient (Wildman–Crippen LogP) is 0.227. The van der Waals surface area contributed by atoms with Crippen LogP contribution in [0.4, 0.5) is 0 Å². The SMILES string of the molecule is CCC(O)C1OC(=O)C(C#N)=C1N=O. The summed E-state index contributed by atoms with van der Waals surface area (Å²) in [6, 6.07) is 1.52. The fourth-order valence-electron chi connectivity index (χ4n) is 1.15. The van der Waals surface area contributed by atoms with Crippen molar-refractivity contribution in [2.24, 2.45) is 5.18 Å². The molecule has 1 aliphatic rings. The molecular formula is C8H8N2O4. The van der Waals surface area contributed by atoms with Gasteiger partial charge in [0.25, 0.3) is 0 Å². The minimum atomic E-state index is -1.10. The number of aliphatic hydroxyl groups is 1. The third kappa shape index (κ3) is 1.49. The number of nitrogens with zero attached hydrogens (tertiary/aromatic N) is 2. The summed E-state index contributed by atoms with van der Waals surface area (Å²) in [5.74, 6) is -0.903. The Morgan fingerprint density at radius 2 is 2.43 bits per heavy atom. The first-order valence-electron chi connectivity index (χ1n) is 4.02. The maximum Gasteiger partial charge on any atom is 0.351 e. The van der Waals surface area contributed by atoms with E-state index in [2.05, 4.69) is 9.91 Å².